The molecule has 0 aliphatic heterocycles. The molecule has 0 radical (unpaired) electrons. The van der Waals surface area contributed by atoms with Gasteiger partial charge in [-0.3, -0.25) is 4.79 Å². The van der Waals surface area contributed by atoms with Gasteiger partial charge in [-0.1, -0.05) is 30.3 Å². The zero-order chi connectivity index (χ0) is 17.3. The van der Waals surface area contributed by atoms with E-state index in [0.717, 1.165) is 37.0 Å². The smallest absolute Gasteiger partial charge is 0.335 e. The lowest BCUT2D eigenvalue weighted by atomic mass is 9.87. The van der Waals surface area contributed by atoms with Crippen LogP contribution in [0.5, 0.6) is 0 Å². The molecular formula is C19H18F3NO. The van der Waals surface area contributed by atoms with Crippen LogP contribution >= 0.6 is 0 Å². The molecule has 1 aliphatic rings. The number of amides is 1. The molecule has 5 heteroatoms. The predicted molar refractivity (Wildman–Crippen MR) is 85.7 cm³/mol. The second-order valence-corrected chi connectivity index (χ2v) is 6.10. The molecule has 0 N–H and O–H groups in total. The third-order valence-electron chi connectivity index (χ3n) is 4.56. The lowest BCUT2D eigenvalue weighted by molar-refractivity contribution is -0.137. The summed E-state index contributed by atoms with van der Waals surface area (Å²) in [5.41, 5.74) is 1.56. The topological polar surface area (TPSA) is 20.3 Å². The Bertz CT molecular complexity index is 754. The summed E-state index contributed by atoms with van der Waals surface area (Å²) in [5.74, 6) is -0.386. The molecule has 0 saturated heterocycles. The fourth-order valence-corrected chi connectivity index (χ4v) is 3.30. The highest BCUT2D eigenvalue weighted by molar-refractivity contribution is 5.94. The van der Waals surface area contributed by atoms with Gasteiger partial charge in [0.2, 0.25) is 0 Å². The van der Waals surface area contributed by atoms with Crippen LogP contribution in [-0.2, 0) is 12.6 Å². The van der Waals surface area contributed by atoms with E-state index in [-0.39, 0.29) is 17.5 Å². The Hall–Kier alpha value is -2.30. The number of nitrogens with zero attached hydrogens (tertiary/aromatic N) is 1. The Morgan fingerprint density at radius 3 is 2.62 bits per heavy atom. The number of rotatable bonds is 2. The van der Waals surface area contributed by atoms with Crippen molar-refractivity contribution in [1.82, 2.24) is 4.90 Å². The molecule has 3 rings (SSSR count). The normalized spacial score (nSPS) is 17.2. The third-order valence-corrected chi connectivity index (χ3v) is 4.56. The van der Waals surface area contributed by atoms with Gasteiger partial charge in [0.05, 0.1) is 11.6 Å². The van der Waals surface area contributed by atoms with Crippen molar-refractivity contribution in [3.63, 3.8) is 0 Å². The molecule has 0 fully saturated rings. The summed E-state index contributed by atoms with van der Waals surface area (Å²) in [6.45, 7) is 0. The first kappa shape index (κ1) is 16.6. The number of halogens is 3. The number of fused-ring (bicyclic) bond motifs is 1. The average Bonchev–Trinajstić information content (AvgIpc) is 2.59. The summed E-state index contributed by atoms with van der Waals surface area (Å²) in [6.07, 6.45) is -1.70. The van der Waals surface area contributed by atoms with Gasteiger partial charge in [0.25, 0.3) is 5.91 Å². The molecule has 0 spiro atoms. The quantitative estimate of drug-likeness (QED) is 0.769. The Balaban J connectivity index is 1.89. The summed E-state index contributed by atoms with van der Waals surface area (Å²) in [7, 11) is 1.66. The molecule has 0 saturated carbocycles. The van der Waals surface area contributed by atoms with E-state index in [0.29, 0.717) is 0 Å². The zero-order valence-corrected chi connectivity index (χ0v) is 13.3. The van der Waals surface area contributed by atoms with Crippen LogP contribution in [0.4, 0.5) is 13.2 Å². The van der Waals surface area contributed by atoms with Gasteiger partial charge in [0.15, 0.2) is 0 Å². The minimum absolute atomic E-state index is 0.0652. The number of hydrogen-bond donors (Lipinski definition) is 0. The molecule has 0 heterocycles. The number of aryl methyl sites for hydroxylation is 1. The molecule has 1 aliphatic carbocycles. The number of carbonyl (C=O) groups is 1. The van der Waals surface area contributed by atoms with Crippen LogP contribution in [0.3, 0.4) is 0 Å². The minimum atomic E-state index is -4.45. The predicted octanol–water partition coefficient (Wildman–Crippen LogP) is 4.86. The van der Waals surface area contributed by atoms with Gasteiger partial charge in [0, 0.05) is 12.6 Å². The maximum atomic E-state index is 12.9. The first-order chi connectivity index (χ1) is 11.4. The second kappa shape index (κ2) is 6.30. The van der Waals surface area contributed by atoms with Gasteiger partial charge >= 0.3 is 6.18 Å². The molecule has 0 aromatic heterocycles. The Labute approximate surface area is 138 Å². The maximum absolute atomic E-state index is 12.9. The molecule has 2 nitrogen and oxygen atoms in total. The van der Waals surface area contributed by atoms with Crippen molar-refractivity contribution in [2.24, 2.45) is 0 Å². The van der Waals surface area contributed by atoms with Crippen molar-refractivity contribution in [2.75, 3.05) is 7.05 Å². The van der Waals surface area contributed by atoms with Gasteiger partial charge in [0.1, 0.15) is 0 Å². The van der Waals surface area contributed by atoms with Crippen molar-refractivity contribution < 1.29 is 18.0 Å². The molecule has 1 amide bonds. The van der Waals surface area contributed by atoms with Gasteiger partial charge in [-0.15, -0.1) is 0 Å². The number of carbonyl (C=O) groups excluding carboxylic acids is 1. The van der Waals surface area contributed by atoms with E-state index >= 15 is 0 Å². The summed E-state index contributed by atoms with van der Waals surface area (Å²) in [5, 5.41) is 0. The second-order valence-electron chi connectivity index (χ2n) is 6.10. The number of hydrogen-bond acceptors (Lipinski definition) is 1. The fourth-order valence-electron chi connectivity index (χ4n) is 3.30. The molecule has 0 unspecified atom stereocenters. The van der Waals surface area contributed by atoms with Crippen molar-refractivity contribution in [1.29, 1.82) is 0 Å². The van der Waals surface area contributed by atoms with Crippen molar-refractivity contribution in [3.8, 4) is 0 Å². The minimum Gasteiger partial charge on any atom is -0.335 e. The van der Waals surface area contributed by atoms with E-state index in [4.69, 9.17) is 0 Å². The SMILES string of the molecule is CN(C(=O)c1cccc(C(F)(F)F)c1)[C@H]1CCCc2ccccc21. The van der Waals surface area contributed by atoms with E-state index in [1.165, 1.54) is 17.7 Å². The van der Waals surface area contributed by atoms with Gasteiger partial charge in [-0.05, 0) is 48.6 Å². The van der Waals surface area contributed by atoms with Crippen molar-refractivity contribution in [2.45, 2.75) is 31.5 Å². The van der Waals surface area contributed by atoms with Gasteiger partial charge in [-0.25, -0.2) is 0 Å². The van der Waals surface area contributed by atoms with Crippen LogP contribution in [0.2, 0.25) is 0 Å². The van der Waals surface area contributed by atoms with E-state index < -0.39 is 11.7 Å². The Kier molecular flexibility index (Phi) is 4.35. The van der Waals surface area contributed by atoms with Crippen molar-refractivity contribution in [3.05, 3.63) is 70.8 Å². The van der Waals surface area contributed by atoms with Gasteiger partial charge in [-0.2, -0.15) is 13.2 Å². The monoisotopic (exact) mass is 333 g/mol. The fraction of sp³-hybridized carbons (Fsp3) is 0.316. The van der Waals surface area contributed by atoms with Crippen molar-refractivity contribution >= 4 is 5.91 Å². The Morgan fingerprint density at radius 1 is 1.12 bits per heavy atom. The van der Waals surface area contributed by atoms with Crippen LogP contribution in [0.1, 0.15) is 45.9 Å². The average molecular weight is 333 g/mol. The van der Waals surface area contributed by atoms with Crippen LogP contribution in [0.15, 0.2) is 48.5 Å². The van der Waals surface area contributed by atoms with E-state index in [1.807, 2.05) is 24.3 Å². The van der Waals surface area contributed by atoms with Crippen LogP contribution in [0, 0.1) is 0 Å². The number of benzene rings is 2. The summed E-state index contributed by atoms with van der Waals surface area (Å²) >= 11 is 0. The molecule has 126 valence electrons. The third kappa shape index (κ3) is 3.16. The largest absolute Gasteiger partial charge is 0.416 e. The molecule has 2 aromatic rings. The zero-order valence-electron chi connectivity index (χ0n) is 13.3. The molecule has 1 atom stereocenters. The Morgan fingerprint density at radius 2 is 1.88 bits per heavy atom. The van der Waals surface area contributed by atoms with E-state index in [9.17, 15) is 18.0 Å². The molecular weight excluding hydrogens is 315 g/mol. The summed E-state index contributed by atoms with van der Waals surface area (Å²) in [6, 6.07) is 12.5. The highest BCUT2D eigenvalue weighted by Crippen LogP contribution is 2.35. The molecule has 24 heavy (non-hydrogen) atoms. The van der Waals surface area contributed by atoms with Crippen LogP contribution in [-0.4, -0.2) is 17.9 Å². The lowest BCUT2D eigenvalue weighted by Gasteiger charge is -2.33. The highest BCUT2D eigenvalue weighted by atomic mass is 19.4. The van der Waals surface area contributed by atoms with Gasteiger partial charge < -0.3 is 4.90 Å². The first-order valence-corrected chi connectivity index (χ1v) is 7.90. The molecule has 0 bridgehead atoms. The summed E-state index contributed by atoms with van der Waals surface area (Å²) in [4.78, 5) is 14.3. The first-order valence-electron chi connectivity index (χ1n) is 7.90. The maximum Gasteiger partial charge on any atom is 0.416 e. The van der Waals surface area contributed by atoms with E-state index in [1.54, 1.807) is 11.9 Å². The lowest BCUT2D eigenvalue weighted by Crippen LogP contribution is -2.33. The summed E-state index contributed by atoms with van der Waals surface area (Å²) < 4.78 is 38.6. The van der Waals surface area contributed by atoms with Crippen LogP contribution in [0.25, 0.3) is 0 Å². The molecule has 2 aromatic carbocycles. The van der Waals surface area contributed by atoms with E-state index in [2.05, 4.69) is 0 Å². The van der Waals surface area contributed by atoms with Crippen LogP contribution < -0.4 is 0 Å². The highest BCUT2D eigenvalue weighted by Gasteiger charge is 2.32. The number of alkyl halides is 3. The standard InChI is InChI=1S/C19H18F3NO/c1-23(17-11-5-7-13-6-2-3-10-16(13)17)18(24)14-8-4-9-15(12-14)19(20,21)22/h2-4,6,8-10,12,17H,5,7,11H2,1H3/t17-/m0/s1.